The lowest BCUT2D eigenvalue weighted by molar-refractivity contribution is 0.582. The Labute approximate surface area is 340 Å². The highest BCUT2D eigenvalue weighted by Gasteiger charge is 2.34. The van der Waals surface area contributed by atoms with Gasteiger partial charge in [-0.05, 0) is 104 Å². The van der Waals surface area contributed by atoms with Crippen LogP contribution >= 0.6 is 0 Å². The van der Waals surface area contributed by atoms with Crippen molar-refractivity contribution in [2.24, 2.45) is 0 Å². The lowest BCUT2D eigenvalue weighted by Crippen LogP contribution is -2.09. The molecule has 1 aromatic carbocycles. The number of allylic oxidation sites excluding steroid dienone is 6. The number of benzene rings is 1. The minimum absolute atomic E-state index is 0.534. The van der Waals surface area contributed by atoms with E-state index in [0.29, 0.717) is 5.92 Å². The third-order valence-electron chi connectivity index (χ3n) is 12.6. The van der Waals surface area contributed by atoms with E-state index in [1.54, 1.807) is 5.56 Å². The largest absolute Gasteiger partial charge is 0.0654 e. The molecule has 0 bridgehead atoms. The Kier molecular flexibility index (Phi) is 30.2. The van der Waals surface area contributed by atoms with E-state index in [-0.39, 0.29) is 0 Å². The van der Waals surface area contributed by atoms with Crippen LogP contribution in [0.3, 0.4) is 0 Å². The molecule has 0 saturated heterocycles. The lowest BCUT2D eigenvalue weighted by atomic mass is 9.77. The molecule has 2 rings (SSSR count). The quantitative estimate of drug-likeness (QED) is 0.0596. The fraction of sp³-hybridized carbons (Fsp3) is 0.778. The maximum absolute atomic E-state index is 2.51. The highest BCUT2D eigenvalue weighted by molar-refractivity contribution is 5.68. The molecule has 0 fully saturated rings. The normalized spacial score (nSPS) is 13.9. The second-order valence-corrected chi connectivity index (χ2v) is 17.5. The van der Waals surface area contributed by atoms with Gasteiger partial charge < -0.3 is 0 Å². The van der Waals surface area contributed by atoms with Crippen LogP contribution in [0.15, 0.2) is 63.8 Å². The van der Waals surface area contributed by atoms with Crippen molar-refractivity contribution in [2.45, 2.75) is 272 Å². The summed E-state index contributed by atoms with van der Waals surface area (Å²) >= 11 is 0. The average molecular weight is 743 g/mol. The summed E-state index contributed by atoms with van der Waals surface area (Å²) in [6.07, 6.45) is 48.0. The Hall–Kier alpha value is -1.56. The van der Waals surface area contributed by atoms with Gasteiger partial charge in [-0.25, -0.2) is 0 Å². The summed E-state index contributed by atoms with van der Waals surface area (Å²) in [5.41, 5.74) is 12.8. The van der Waals surface area contributed by atoms with E-state index in [9.17, 15) is 0 Å². The number of hydrogen-bond donors (Lipinski definition) is 0. The van der Waals surface area contributed by atoms with Crippen molar-refractivity contribution in [3.8, 4) is 0 Å². The van der Waals surface area contributed by atoms with E-state index >= 15 is 0 Å². The molecule has 1 aliphatic rings. The molecule has 0 aliphatic heterocycles. The van der Waals surface area contributed by atoms with Crippen LogP contribution in [0, 0.1) is 0 Å². The molecule has 0 N–H and O–H groups in total. The van der Waals surface area contributed by atoms with Crippen LogP contribution in [0.1, 0.15) is 278 Å². The smallest absolute Gasteiger partial charge is 0.00981 e. The van der Waals surface area contributed by atoms with Crippen molar-refractivity contribution in [3.63, 3.8) is 0 Å². The first-order chi connectivity index (χ1) is 26.7. The molecule has 0 saturated carbocycles. The molecule has 310 valence electrons. The van der Waals surface area contributed by atoms with Crippen LogP contribution in [-0.4, -0.2) is 0 Å². The summed E-state index contributed by atoms with van der Waals surface area (Å²) in [5, 5.41) is 0. The molecular weight excluding hydrogens is 649 g/mol. The lowest BCUT2D eigenvalue weighted by Gasteiger charge is -2.27. The molecule has 1 atom stereocenters. The van der Waals surface area contributed by atoms with Crippen molar-refractivity contribution < 1.29 is 0 Å². The topological polar surface area (TPSA) is 0 Å². The molecule has 1 aliphatic carbocycles. The van der Waals surface area contributed by atoms with E-state index in [2.05, 4.69) is 71.9 Å². The van der Waals surface area contributed by atoms with E-state index < -0.39 is 0 Å². The standard InChI is InChI=1S/C54H94/c1-7-13-19-25-31-41-48(42-32-26-20-14-8-2)53-51(45-37-28-22-16-10-4)50(44-36-27-21-15-9-3)52(46-38-29-23-17-11-5)54(53)49(43-35-24-18-12-6)47-39-33-30-34-40-47/h30,33-34,39-40,49H,7-29,31-32,35-38,41-46H2,1-6H3. The average Bonchev–Trinajstić information content (AvgIpc) is 3.48. The molecule has 0 nitrogen and oxygen atoms in total. The van der Waals surface area contributed by atoms with Gasteiger partial charge in [-0.3, -0.25) is 0 Å². The molecule has 1 aromatic rings. The predicted octanol–water partition coefficient (Wildman–Crippen LogP) is 19.4. The van der Waals surface area contributed by atoms with E-state index in [0.717, 1.165) is 0 Å². The minimum Gasteiger partial charge on any atom is -0.0654 e. The van der Waals surface area contributed by atoms with Crippen LogP contribution in [0.4, 0.5) is 0 Å². The summed E-state index contributed by atoms with van der Waals surface area (Å²) in [5.74, 6) is 0.534. The third-order valence-corrected chi connectivity index (χ3v) is 12.6. The minimum atomic E-state index is 0.534. The van der Waals surface area contributed by atoms with Crippen LogP contribution in [0.25, 0.3) is 0 Å². The monoisotopic (exact) mass is 743 g/mol. The van der Waals surface area contributed by atoms with Crippen LogP contribution in [0.5, 0.6) is 0 Å². The Bertz CT molecular complexity index is 1100. The summed E-state index contributed by atoms with van der Waals surface area (Å²) in [4.78, 5) is 0. The van der Waals surface area contributed by atoms with Gasteiger partial charge in [-0.15, -0.1) is 0 Å². The highest BCUT2D eigenvalue weighted by Crippen LogP contribution is 2.52. The third kappa shape index (κ3) is 19.5. The van der Waals surface area contributed by atoms with Crippen molar-refractivity contribution in [1.82, 2.24) is 0 Å². The SMILES string of the molecule is CCCCCCCC(CCCCCCC)=C1C(CCCCCCC)=C(CCCCCCC)C(CCCCCCC)=C1C(CCCCCC)c1ccccc1. The Morgan fingerprint density at radius 3 is 1.19 bits per heavy atom. The zero-order valence-electron chi connectivity index (χ0n) is 37.7. The van der Waals surface area contributed by atoms with Gasteiger partial charge in [0.1, 0.15) is 0 Å². The highest BCUT2D eigenvalue weighted by atomic mass is 14.4. The van der Waals surface area contributed by atoms with Gasteiger partial charge >= 0.3 is 0 Å². The van der Waals surface area contributed by atoms with Crippen LogP contribution in [-0.2, 0) is 0 Å². The molecule has 0 spiro atoms. The molecule has 1 unspecified atom stereocenters. The van der Waals surface area contributed by atoms with E-state index in [1.807, 2.05) is 33.4 Å². The maximum atomic E-state index is 2.51. The second-order valence-electron chi connectivity index (χ2n) is 17.5. The number of unbranched alkanes of at least 4 members (excludes halogenated alkanes) is 23. The Balaban J connectivity index is 2.86. The van der Waals surface area contributed by atoms with Gasteiger partial charge in [-0.2, -0.15) is 0 Å². The van der Waals surface area contributed by atoms with Crippen LogP contribution in [0.2, 0.25) is 0 Å². The van der Waals surface area contributed by atoms with Gasteiger partial charge in [0.05, 0.1) is 0 Å². The summed E-state index contributed by atoms with van der Waals surface area (Å²) in [7, 11) is 0. The fourth-order valence-electron chi connectivity index (χ4n) is 9.37. The summed E-state index contributed by atoms with van der Waals surface area (Å²) in [6.45, 7) is 14.2. The van der Waals surface area contributed by atoms with Crippen molar-refractivity contribution in [1.29, 1.82) is 0 Å². The first kappa shape index (κ1) is 48.6. The second kappa shape index (κ2) is 33.6. The predicted molar refractivity (Wildman–Crippen MR) is 246 cm³/mol. The molecular formula is C54H94. The van der Waals surface area contributed by atoms with Gasteiger partial charge in [-0.1, -0.05) is 232 Å². The molecule has 0 radical (unpaired) electrons. The van der Waals surface area contributed by atoms with Gasteiger partial charge in [0, 0.05) is 5.92 Å². The summed E-state index contributed by atoms with van der Waals surface area (Å²) < 4.78 is 0. The summed E-state index contributed by atoms with van der Waals surface area (Å²) in [6, 6.07) is 12.0. The van der Waals surface area contributed by atoms with Crippen LogP contribution < -0.4 is 0 Å². The van der Waals surface area contributed by atoms with Crippen molar-refractivity contribution in [3.05, 3.63) is 69.3 Å². The van der Waals surface area contributed by atoms with Gasteiger partial charge in [0.25, 0.3) is 0 Å². The van der Waals surface area contributed by atoms with Gasteiger partial charge in [0.2, 0.25) is 0 Å². The molecule has 0 heterocycles. The maximum Gasteiger partial charge on any atom is 0.00981 e. The Morgan fingerprint density at radius 1 is 0.370 bits per heavy atom. The first-order valence-corrected chi connectivity index (χ1v) is 24.9. The molecule has 0 heteroatoms. The van der Waals surface area contributed by atoms with Gasteiger partial charge in [0.15, 0.2) is 0 Å². The van der Waals surface area contributed by atoms with Crippen molar-refractivity contribution in [2.75, 3.05) is 0 Å². The Morgan fingerprint density at radius 2 is 0.741 bits per heavy atom. The fourth-order valence-corrected chi connectivity index (χ4v) is 9.37. The zero-order chi connectivity index (χ0) is 38.9. The number of rotatable bonds is 37. The van der Waals surface area contributed by atoms with Crippen molar-refractivity contribution >= 4 is 0 Å². The van der Waals surface area contributed by atoms with E-state index in [4.69, 9.17) is 0 Å². The first-order valence-electron chi connectivity index (χ1n) is 24.9. The van der Waals surface area contributed by atoms with E-state index in [1.165, 1.54) is 225 Å². The molecule has 0 amide bonds. The molecule has 54 heavy (non-hydrogen) atoms. The zero-order valence-corrected chi connectivity index (χ0v) is 37.7. The number of hydrogen-bond acceptors (Lipinski definition) is 0. The molecule has 0 aromatic heterocycles.